The molecule has 177 valence electrons. The SMILES string of the molecule is CCC(C(=O)Nc1c(C)cc(Cl)cc1C)[P+](CC)(CC)CC(=O)Nc1c(C)cccc1C.[Y]. The molecule has 33 heavy (non-hydrogen) atoms. The predicted octanol–water partition coefficient (Wildman–Crippen LogP) is 6.98. The molecule has 4 nitrogen and oxygen atoms in total. The molecule has 0 bridgehead atoms. The van der Waals surface area contributed by atoms with Crippen LogP contribution in [0.3, 0.4) is 0 Å². The molecular weight excluding hydrogens is 528 g/mol. The van der Waals surface area contributed by atoms with E-state index in [2.05, 4.69) is 31.4 Å². The summed E-state index contributed by atoms with van der Waals surface area (Å²) in [4.78, 5) is 26.7. The number of hydrogen-bond donors (Lipinski definition) is 2. The van der Waals surface area contributed by atoms with E-state index < -0.39 is 7.26 Å². The van der Waals surface area contributed by atoms with Crippen LogP contribution in [0.1, 0.15) is 49.4 Å². The summed E-state index contributed by atoms with van der Waals surface area (Å²) < 4.78 is 0. The van der Waals surface area contributed by atoms with Gasteiger partial charge >= 0.3 is 0 Å². The first-order chi connectivity index (χ1) is 15.1. The van der Waals surface area contributed by atoms with Crippen molar-refractivity contribution in [1.82, 2.24) is 0 Å². The van der Waals surface area contributed by atoms with Gasteiger partial charge in [-0.25, -0.2) is 0 Å². The van der Waals surface area contributed by atoms with Gasteiger partial charge in [-0.05, 0) is 82.3 Å². The Hall–Kier alpha value is -0.796. The van der Waals surface area contributed by atoms with E-state index in [9.17, 15) is 9.59 Å². The molecule has 1 radical (unpaired) electrons. The summed E-state index contributed by atoms with van der Waals surface area (Å²) in [6.07, 6.45) is 2.84. The fourth-order valence-electron chi connectivity index (χ4n) is 4.61. The van der Waals surface area contributed by atoms with Gasteiger partial charge in [0.15, 0.2) is 0 Å². The quantitative estimate of drug-likeness (QED) is 0.323. The molecule has 2 amide bonds. The number of carbonyl (C=O) groups is 2. The number of halogens is 1. The third-order valence-electron chi connectivity index (χ3n) is 6.56. The summed E-state index contributed by atoms with van der Waals surface area (Å²) in [5, 5.41) is 6.97. The van der Waals surface area contributed by atoms with Crippen molar-refractivity contribution in [2.75, 3.05) is 29.1 Å². The second-order valence-corrected chi connectivity index (χ2v) is 13.7. The minimum Gasteiger partial charge on any atom is -0.322 e. The Morgan fingerprint density at radius 1 is 0.879 bits per heavy atom. The number of benzene rings is 2. The van der Waals surface area contributed by atoms with E-state index in [1.54, 1.807) is 0 Å². The Balaban J connectivity index is 0.00000544. The number of para-hydroxylation sites is 1. The van der Waals surface area contributed by atoms with Crippen LogP contribution in [-0.4, -0.2) is 36.0 Å². The number of hydrogen-bond acceptors (Lipinski definition) is 2. The predicted molar refractivity (Wildman–Crippen MR) is 141 cm³/mol. The van der Waals surface area contributed by atoms with Gasteiger partial charge in [0.05, 0.1) is 12.3 Å². The Morgan fingerprint density at radius 2 is 1.36 bits per heavy atom. The summed E-state index contributed by atoms with van der Waals surface area (Å²) in [6.45, 7) is 14.2. The maximum Gasteiger partial charge on any atom is 0.265 e. The molecule has 0 heterocycles. The van der Waals surface area contributed by atoms with Gasteiger partial charge in [0.25, 0.3) is 11.8 Å². The number of aryl methyl sites for hydroxylation is 4. The molecule has 0 spiro atoms. The molecule has 0 saturated carbocycles. The molecule has 7 heteroatoms. The Morgan fingerprint density at radius 3 is 1.82 bits per heavy atom. The van der Waals surface area contributed by atoms with Gasteiger partial charge in [0, 0.05) is 56.4 Å². The van der Waals surface area contributed by atoms with E-state index in [-0.39, 0.29) is 50.2 Å². The number of rotatable bonds is 9. The number of carbonyl (C=O) groups excluding carboxylic acids is 2. The summed E-state index contributed by atoms with van der Waals surface area (Å²) in [5.74, 6) is 0.0162. The third kappa shape index (κ3) is 7.34. The fraction of sp³-hybridized carbons (Fsp3) is 0.462. The van der Waals surface area contributed by atoms with Crippen LogP contribution in [0.2, 0.25) is 5.02 Å². The van der Waals surface area contributed by atoms with E-state index in [0.29, 0.717) is 17.6 Å². The van der Waals surface area contributed by atoms with E-state index in [1.807, 2.05) is 58.0 Å². The second kappa shape index (κ2) is 13.3. The van der Waals surface area contributed by atoms with Crippen LogP contribution in [0.25, 0.3) is 0 Å². The van der Waals surface area contributed by atoms with Crippen molar-refractivity contribution in [3.8, 4) is 0 Å². The number of nitrogens with one attached hydrogen (secondary N) is 2. The average Bonchev–Trinajstić information content (AvgIpc) is 2.73. The second-order valence-electron chi connectivity index (χ2n) is 8.65. The molecule has 0 aliphatic heterocycles. The molecule has 2 N–H and O–H groups in total. The maximum absolute atomic E-state index is 13.5. The minimum atomic E-state index is -1.87. The van der Waals surface area contributed by atoms with Gasteiger partial charge in [0.2, 0.25) is 0 Å². The number of anilines is 2. The van der Waals surface area contributed by atoms with Crippen molar-refractivity contribution in [3.05, 3.63) is 57.6 Å². The van der Waals surface area contributed by atoms with Crippen LogP contribution in [-0.2, 0) is 42.3 Å². The largest absolute Gasteiger partial charge is 0.322 e. The van der Waals surface area contributed by atoms with Crippen LogP contribution in [0.15, 0.2) is 30.3 Å². The first-order valence-electron chi connectivity index (χ1n) is 11.4. The van der Waals surface area contributed by atoms with Gasteiger partial charge < -0.3 is 10.6 Å². The zero-order chi connectivity index (χ0) is 24.1. The van der Waals surface area contributed by atoms with Crippen molar-refractivity contribution < 1.29 is 42.3 Å². The Labute approximate surface area is 230 Å². The Bertz CT molecular complexity index is 949. The van der Waals surface area contributed by atoms with E-state index in [0.717, 1.165) is 46.0 Å². The molecule has 2 rings (SSSR count). The third-order valence-corrected chi connectivity index (χ3v) is 12.1. The molecule has 0 aliphatic carbocycles. The topological polar surface area (TPSA) is 58.2 Å². The summed E-state index contributed by atoms with van der Waals surface area (Å²) in [5.41, 5.74) is 5.53. The van der Waals surface area contributed by atoms with E-state index in [4.69, 9.17) is 11.6 Å². The van der Waals surface area contributed by atoms with Crippen LogP contribution >= 0.6 is 18.9 Å². The average molecular weight is 565 g/mol. The molecular formula is C26H37ClN2O2PY+. The first-order valence-corrected chi connectivity index (χ1v) is 14.2. The Kier molecular flexibility index (Phi) is 12.2. The summed E-state index contributed by atoms with van der Waals surface area (Å²) in [7, 11) is -1.87. The normalized spacial score (nSPS) is 12.0. The molecule has 0 aliphatic rings. The van der Waals surface area contributed by atoms with Gasteiger partial charge in [-0.3, -0.25) is 9.59 Å². The maximum atomic E-state index is 13.5. The first kappa shape index (κ1) is 30.2. The molecule has 0 saturated heterocycles. The van der Waals surface area contributed by atoms with Crippen molar-refractivity contribution in [1.29, 1.82) is 0 Å². The molecule has 1 atom stereocenters. The zero-order valence-electron chi connectivity index (χ0n) is 21.0. The fourth-order valence-corrected chi connectivity index (χ4v) is 8.92. The molecule has 2 aromatic carbocycles. The van der Waals surface area contributed by atoms with E-state index >= 15 is 0 Å². The number of amides is 2. The summed E-state index contributed by atoms with van der Waals surface area (Å²) >= 11 is 6.16. The smallest absolute Gasteiger partial charge is 0.265 e. The van der Waals surface area contributed by atoms with Crippen LogP contribution < -0.4 is 10.6 Å². The minimum absolute atomic E-state index is 0. The van der Waals surface area contributed by atoms with Crippen LogP contribution in [0.5, 0.6) is 0 Å². The van der Waals surface area contributed by atoms with Gasteiger partial charge in [-0.1, -0.05) is 36.7 Å². The van der Waals surface area contributed by atoms with Crippen molar-refractivity contribution in [2.24, 2.45) is 0 Å². The molecule has 0 aromatic heterocycles. The van der Waals surface area contributed by atoms with Gasteiger partial charge in [-0.15, -0.1) is 0 Å². The van der Waals surface area contributed by atoms with Gasteiger partial charge in [-0.2, -0.15) is 0 Å². The molecule has 2 aromatic rings. The van der Waals surface area contributed by atoms with Crippen LogP contribution in [0, 0.1) is 27.7 Å². The van der Waals surface area contributed by atoms with Crippen molar-refractivity contribution in [2.45, 2.75) is 60.5 Å². The standard InChI is InChI=1S/C26H36ClN2O2P.Y/c1-8-22(26(31)29-25-19(6)14-21(27)15-20(25)7)32(9-2,10-3)16-23(30)28-24-17(4)12-11-13-18(24)5;/h11-15,22H,8-10,16H2,1-7H3,(H-,28,29,30,31);/p+1. The molecule has 1 unspecified atom stereocenters. The summed E-state index contributed by atoms with van der Waals surface area (Å²) in [6, 6.07) is 9.73. The zero-order valence-corrected chi connectivity index (χ0v) is 25.5. The van der Waals surface area contributed by atoms with Crippen molar-refractivity contribution in [3.63, 3.8) is 0 Å². The van der Waals surface area contributed by atoms with Crippen LogP contribution in [0.4, 0.5) is 11.4 Å². The van der Waals surface area contributed by atoms with E-state index in [1.165, 1.54) is 0 Å². The molecule has 0 fully saturated rings. The van der Waals surface area contributed by atoms with Gasteiger partial charge in [0.1, 0.15) is 11.8 Å². The van der Waals surface area contributed by atoms with Crippen molar-refractivity contribution >= 4 is 42.1 Å². The monoisotopic (exact) mass is 564 g/mol.